The number of hydrogen-bond acceptors (Lipinski definition) is 7. The first-order valence-corrected chi connectivity index (χ1v) is 11.2. The summed E-state index contributed by atoms with van der Waals surface area (Å²) < 4.78 is 10.3. The fourth-order valence-corrected chi connectivity index (χ4v) is 4.93. The van der Waals surface area contributed by atoms with Crippen LogP contribution in [-0.2, 0) is 14.3 Å². The van der Waals surface area contributed by atoms with Crippen LogP contribution in [0.1, 0.15) is 42.7 Å². The van der Waals surface area contributed by atoms with Gasteiger partial charge in [0.05, 0.1) is 25.7 Å². The van der Waals surface area contributed by atoms with E-state index >= 15 is 0 Å². The summed E-state index contributed by atoms with van der Waals surface area (Å²) in [6, 6.07) is 13.5. The van der Waals surface area contributed by atoms with Gasteiger partial charge in [0, 0.05) is 37.8 Å². The van der Waals surface area contributed by atoms with Gasteiger partial charge in [0.2, 0.25) is 5.91 Å². The van der Waals surface area contributed by atoms with Gasteiger partial charge in [-0.25, -0.2) is 4.98 Å². The minimum Gasteiger partial charge on any atom is -0.497 e. The first-order chi connectivity index (χ1) is 16.0. The number of carbonyl (C=O) groups is 2. The lowest BCUT2D eigenvalue weighted by Gasteiger charge is -2.42. The standard InChI is InChI=1S/C25H28N4O4/c1-32-21-5-3-4-18(12-21)22(25(31)33-2)9-11-24(30)28-15-19-7-8-20(16-28)29(19)23-10-6-17(13-26)14-27-23/h3-6,10,12,14,19-20,22H,7-9,11,15-16H2,1-2H3. The van der Waals surface area contributed by atoms with Crippen molar-refractivity contribution in [3.63, 3.8) is 0 Å². The van der Waals surface area contributed by atoms with Gasteiger partial charge in [-0.2, -0.15) is 5.26 Å². The van der Waals surface area contributed by atoms with Crippen LogP contribution in [0.2, 0.25) is 0 Å². The predicted octanol–water partition coefficient (Wildman–Crippen LogP) is 2.88. The van der Waals surface area contributed by atoms with Crippen LogP contribution in [0.15, 0.2) is 42.6 Å². The lowest BCUT2D eigenvalue weighted by Crippen LogP contribution is -2.55. The molecule has 3 unspecified atom stereocenters. The van der Waals surface area contributed by atoms with E-state index in [2.05, 4.69) is 16.0 Å². The number of amides is 1. The summed E-state index contributed by atoms with van der Waals surface area (Å²) in [4.78, 5) is 34.2. The van der Waals surface area contributed by atoms with E-state index in [-0.39, 0.29) is 30.4 Å². The first kappa shape index (κ1) is 22.6. The lowest BCUT2D eigenvalue weighted by molar-refractivity contribution is -0.142. The Labute approximate surface area is 193 Å². The molecule has 8 nitrogen and oxygen atoms in total. The maximum atomic E-state index is 13.1. The number of likely N-dealkylation sites (tertiary alicyclic amines) is 1. The zero-order chi connectivity index (χ0) is 23.4. The van der Waals surface area contributed by atoms with Gasteiger partial charge in [-0.3, -0.25) is 9.59 Å². The van der Waals surface area contributed by atoms with Crippen LogP contribution in [-0.4, -0.2) is 61.2 Å². The zero-order valence-corrected chi connectivity index (χ0v) is 18.9. The molecule has 172 valence electrons. The number of carbonyl (C=O) groups excluding carboxylic acids is 2. The van der Waals surface area contributed by atoms with Crippen LogP contribution in [0.25, 0.3) is 0 Å². The molecule has 3 heterocycles. The summed E-state index contributed by atoms with van der Waals surface area (Å²) in [6.45, 7) is 1.28. The fourth-order valence-electron chi connectivity index (χ4n) is 4.93. The number of rotatable bonds is 7. The van der Waals surface area contributed by atoms with Crippen LogP contribution in [0, 0.1) is 11.3 Å². The molecule has 0 radical (unpaired) electrons. The van der Waals surface area contributed by atoms with E-state index in [4.69, 9.17) is 14.7 Å². The maximum absolute atomic E-state index is 13.1. The highest BCUT2D eigenvalue weighted by atomic mass is 16.5. The summed E-state index contributed by atoms with van der Waals surface area (Å²) in [7, 11) is 2.95. The van der Waals surface area contributed by atoms with Crippen molar-refractivity contribution in [2.75, 3.05) is 32.2 Å². The third-order valence-corrected chi connectivity index (χ3v) is 6.61. The van der Waals surface area contributed by atoms with Crippen LogP contribution in [0.4, 0.5) is 5.82 Å². The summed E-state index contributed by atoms with van der Waals surface area (Å²) >= 11 is 0. The van der Waals surface area contributed by atoms with Gasteiger partial charge < -0.3 is 19.3 Å². The molecule has 0 N–H and O–H groups in total. The summed E-state index contributed by atoms with van der Waals surface area (Å²) in [5.41, 5.74) is 1.32. The SMILES string of the molecule is COC(=O)C(CCC(=O)N1CC2CCC(C1)N2c1ccc(C#N)cn1)c1cccc(OC)c1. The molecular formula is C25H28N4O4. The van der Waals surface area contributed by atoms with E-state index in [1.54, 1.807) is 19.4 Å². The molecular weight excluding hydrogens is 420 g/mol. The van der Waals surface area contributed by atoms with Gasteiger partial charge in [0.1, 0.15) is 17.6 Å². The minimum atomic E-state index is -0.519. The molecule has 0 saturated carbocycles. The fraction of sp³-hybridized carbons (Fsp3) is 0.440. The number of pyridine rings is 1. The number of hydrogen-bond donors (Lipinski definition) is 0. The molecule has 1 aromatic carbocycles. The minimum absolute atomic E-state index is 0.0520. The van der Waals surface area contributed by atoms with E-state index in [0.29, 0.717) is 30.8 Å². The predicted molar refractivity (Wildman–Crippen MR) is 122 cm³/mol. The van der Waals surface area contributed by atoms with E-state index in [9.17, 15) is 9.59 Å². The summed E-state index contributed by atoms with van der Waals surface area (Å²) in [6.07, 6.45) is 4.25. The van der Waals surface area contributed by atoms with Crippen LogP contribution in [0.3, 0.4) is 0 Å². The highest BCUT2D eigenvalue weighted by Crippen LogP contribution is 2.34. The smallest absolute Gasteiger partial charge is 0.313 e. The van der Waals surface area contributed by atoms with E-state index < -0.39 is 5.92 Å². The number of nitriles is 1. The van der Waals surface area contributed by atoms with Crippen LogP contribution in [0.5, 0.6) is 5.75 Å². The number of ether oxygens (including phenoxy) is 2. The average Bonchev–Trinajstić information content (AvgIpc) is 3.12. The number of methoxy groups -OCH3 is 2. The normalized spacial score (nSPS) is 20.2. The Morgan fingerprint density at radius 1 is 1.18 bits per heavy atom. The molecule has 1 amide bonds. The number of benzene rings is 1. The molecule has 0 spiro atoms. The first-order valence-electron chi connectivity index (χ1n) is 11.2. The Balaban J connectivity index is 1.40. The Morgan fingerprint density at radius 2 is 1.94 bits per heavy atom. The molecule has 4 rings (SSSR count). The van der Waals surface area contributed by atoms with Gasteiger partial charge in [-0.15, -0.1) is 0 Å². The van der Waals surface area contributed by atoms with Gasteiger partial charge >= 0.3 is 5.97 Å². The molecule has 2 bridgehead atoms. The highest BCUT2D eigenvalue weighted by Gasteiger charge is 2.42. The topological polar surface area (TPSA) is 95.8 Å². The number of esters is 1. The van der Waals surface area contributed by atoms with E-state index in [1.165, 1.54) is 7.11 Å². The number of nitrogens with zero attached hydrogens (tertiary/aromatic N) is 4. The third-order valence-electron chi connectivity index (χ3n) is 6.61. The second-order valence-electron chi connectivity index (χ2n) is 8.50. The Morgan fingerprint density at radius 3 is 2.55 bits per heavy atom. The average molecular weight is 449 g/mol. The quantitative estimate of drug-likeness (QED) is 0.601. The second kappa shape index (κ2) is 9.90. The number of piperazine rings is 1. The van der Waals surface area contributed by atoms with Gasteiger partial charge in [-0.1, -0.05) is 12.1 Å². The molecule has 33 heavy (non-hydrogen) atoms. The van der Waals surface area contributed by atoms with Crippen LogP contribution < -0.4 is 9.64 Å². The number of aromatic nitrogens is 1. The van der Waals surface area contributed by atoms with Gasteiger partial charge in [-0.05, 0) is 49.1 Å². The Kier molecular flexibility index (Phi) is 6.78. The monoisotopic (exact) mass is 448 g/mol. The number of fused-ring (bicyclic) bond motifs is 2. The molecule has 2 saturated heterocycles. The van der Waals surface area contributed by atoms with Crippen molar-refractivity contribution in [1.29, 1.82) is 5.26 Å². The maximum Gasteiger partial charge on any atom is 0.313 e. The highest BCUT2D eigenvalue weighted by molar-refractivity contribution is 5.81. The largest absolute Gasteiger partial charge is 0.497 e. The second-order valence-corrected chi connectivity index (χ2v) is 8.50. The molecule has 3 atom stereocenters. The third kappa shape index (κ3) is 4.77. The van der Waals surface area contributed by atoms with Gasteiger partial charge in [0.25, 0.3) is 0 Å². The van der Waals surface area contributed by atoms with Crippen molar-refractivity contribution in [1.82, 2.24) is 9.88 Å². The molecule has 2 aliphatic heterocycles. The lowest BCUT2D eigenvalue weighted by atomic mass is 9.93. The molecule has 2 fully saturated rings. The summed E-state index contributed by atoms with van der Waals surface area (Å²) in [5.74, 6) is 0.702. The molecule has 2 aliphatic rings. The van der Waals surface area contributed by atoms with Crippen molar-refractivity contribution in [2.45, 2.75) is 43.7 Å². The van der Waals surface area contributed by atoms with Crippen molar-refractivity contribution in [3.05, 3.63) is 53.7 Å². The van der Waals surface area contributed by atoms with Crippen molar-refractivity contribution >= 4 is 17.7 Å². The van der Waals surface area contributed by atoms with Crippen molar-refractivity contribution in [2.24, 2.45) is 0 Å². The van der Waals surface area contributed by atoms with Crippen molar-refractivity contribution < 1.29 is 19.1 Å². The Bertz CT molecular complexity index is 1040. The molecule has 2 aromatic rings. The van der Waals surface area contributed by atoms with Gasteiger partial charge in [0.15, 0.2) is 0 Å². The van der Waals surface area contributed by atoms with E-state index in [1.807, 2.05) is 35.2 Å². The van der Waals surface area contributed by atoms with E-state index in [0.717, 1.165) is 24.2 Å². The molecule has 0 aliphatic carbocycles. The summed E-state index contributed by atoms with van der Waals surface area (Å²) in [5, 5.41) is 9.01. The van der Waals surface area contributed by atoms with Crippen molar-refractivity contribution in [3.8, 4) is 11.8 Å². The zero-order valence-electron chi connectivity index (χ0n) is 18.9. The number of anilines is 1. The van der Waals surface area contributed by atoms with Crippen LogP contribution >= 0.6 is 0 Å². The Hall–Kier alpha value is -3.60. The molecule has 1 aromatic heterocycles. The molecule has 8 heteroatoms.